The highest BCUT2D eigenvalue weighted by Crippen LogP contribution is 2.20. The fraction of sp³-hybridized carbons (Fsp3) is 0.571. The van der Waals surface area contributed by atoms with Gasteiger partial charge in [-0.15, -0.1) is 0 Å². The van der Waals surface area contributed by atoms with E-state index in [1.54, 1.807) is 29.2 Å². The summed E-state index contributed by atoms with van der Waals surface area (Å²) in [6.07, 6.45) is 3.08. The zero-order valence-electron chi connectivity index (χ0n) is 16.8. The largest absolute Gasteiger partial charge is 0.352 e. The van der Waals surface area contributed by atoms with Crippen LogP contribution >= 0.6 is 0 Å². The molecule has 1 saturated heterocycles. The molecule has 0 aliphatic carbocycles. The molecule has 6 heteroatoms. The molecule has 0 radical (unpaired) electrons. The van der Waals surface area contributed by atoms with E-state index in [4.69, 9.17) is 0 Å². The van der Waals surface area contributed by atoms with E-state index in [2.05, 4.69) is 10.6 Å². The van der Waals surface area contributed by atoms with Crippen LogP contribution in [0.3, 0.4) is 0 Å². The van der Waals surface area contributed by atoms with E-state index in [-0.39, 0.29) is 23.8 Å². The van der Waals surface area contributed by atoms with Crippen LogP contribution in [0.2, 0.25) is 0 Å². The van der Waals surface area contributed by atoms with Crippen LogP contribution in [0.15, 0.2) is 24.3 Å². The van der Waals surface area contributed by atoms with Crippen molar-refractivity contribution in [3.8, 4) is 0 Å². The topological polar surface area (TPSA) is 78.5 Å². The molecule has 1 atom stereocenters. The fourth-order valence-electron chi connectivity index (χ4n) is 3.04. The van der Waals surface area contributed by atoms with E-state index in [9.17, 15) is 14.4 Å². The van der Waals surface area contributed by atoms with Crippen LogP contribution in [0.5, 0.6) is 0 Å². The van der Waals surface area contributed by atoms with Gasteiger partial charge < -0.3 is 15.5 Å². The van der Waals surface area contributed by atoms with Crippen LogP contribution in [0.4, 0.5) is 5.69 Å². The molecule has 0 spiro atoms. The summed E-state index contributed by atoms with van der Waals surface area (Å²) in [7, 11) is 0. The molecule has 2 N–H and O–H groups in total. The van der Waals surface area contributed by atoms with Crippen LogP contribution in [0, 0.1) is 5.41 Å². The van der Waals surface area contributed by atoms with Crippen LogP contribution in [-0.4, -0.2) is 41.8 Å². The molecule has 2 rings (SSSR count). The number of hydrogen-bond donors (Lipinski definition) is 2. The van der Waals surface area contributed by atoms with Gasteiger partial charge in [-0.05, 0) is 37.5 Å². The van der Waals surface area contributed by atoms with Gasteiger partial charge in [0.2, 0.25) is 11.8 Å². The Morgan fingerprint density at radius 1 is 1.22 bits per heavy atom. The summed E-state index contributed by atoms with van der Waals surface area (Å²) in [5.41, 5.74) is 0.657. The van der Waals surface area contributed by atoms with Gasteiger partial charge >= 0.3 is 0 Å². The molecule has 27 heavy (non-hydrogen) atoms. The van der Waals surface area contributed by atoms with Crippen molar-refractivity contribution in [3.05, 3.63) is 29.8 Å². The maximum atomic E-state index is 12.9. The molecule has 6 nitrogen and oxygen atoms in total. The molecule has 1 heterocycles. The summed E-state index contributed by atoms with van der Waals surface area (Å²) in [6, 6.07) is 7.03. The summed E-state index contributed by atoms with van der Waals surface area (Å²) >= 11 is 0. The number of nitrogens with one attached hydrogen (secondary N) is 2. The minimum absolute atomic E-state index is 0.00512. The second-order valence-electron chi connectivity index (χ2n) is 8.19. The third-order valence-corrected chi connectivity index (χ3v) is 4.60. The van der Waals surface area contributed by atoms with Crippen molar-refractivity contribution in [3.63, 3.8) is 0 Å². The molecule has 0 aromatic heterocycles. The van der Waals surface area contributed by atoms with Crippen molar-refractivity contribution < 1.29 is 14.4 Å². The number of likely N-dealkylation sites (tertiary alicyclic amines) is 1. The maximum absolute atomic E-state index is 12.9. The highest BCUT2D eigenvalue weighted by molar-refractivity contribution is 5.98. The van der Waals surface area contributed by atoms with Gasteiger partial charge in [0.05, 0.1) is 0 Å². The lowest BCUT2D eigenvalue weighted by Gasteiger charge is -2.33. The second kappa shape index (κ2) is 9.02. The van der Waals surface area contributed by atoms with Crippen molar-refractivity contribution in [2.75, 3.05) is 18.4 Å². The summed E-state index contributed by atoms with van der Waals surface area (Å²) in [5.74, 6) is -0.122. The van der Waals surface area contributed by atoms with Gasteiger partial charge in [0.15, 0.2) is 0 Å². The standard InChI is InChI=1S/C21H31N3O3/c1-5-8-18(25)22-17-11-7-12-24(14-17)19(26)15-9-6-10-16(13-15)23-20(27)21(2,3)4/h6,9-10,13,17H,5,7-8,11-12,14H2,1-4H3,(H,22,25)(H,23,27). The average Bonchev–Trinajstić information content (AvgIpc) is 2.61. The number of rotatable bonds is 5. The first-order valence-electron chi connectivity index (χ1n) is 9.71. The van der Waals surface area contributed by atoms with Gasteiger partial charge in [0.25, 0.3) is 5.91 Å². The number of carbonyl (C=O) groups excluding carboxylic acids is 3. The fourth-order valence-corrected chi connectivity index (χ4v) is 3.04. The molecule has 1 aromatic carbocycles. The van der Waals surface area contributed by atoms with E-state index >= 15 is 0 Å². The molecule has 1 unspecified atom stereocenters. The third-order valence-electron chi connectivity index (χ3n) is 4.60. The molecular weight excluding hydrogens is 342 g/mol. The Hall–Kier alpha value is -2.37. The number of anilines is 1. The monoisotopic (exact) mass is 373 g/mol. The smallest absolute Gasteiger partial charge is 0.253 e. The van der Waals surface area contributed by atoms with Gasteiger partial charge in [0.1, 0.15) is 0 Å². The molecule has 3 amide bonds. The Morgan fingerprint density at radius 3 is 2.63 bits per heavy atom. The number of benzene rings is 1. The van der Waals surface area contributed by atoms with Gasteiger partial charge in [-0.2, -0.15) is 0 Å². The highest BCUT2D eigenvalue weighted by Gasteiger charge is 2.26. The first-order valence-corrected chi connectivity index (χ1v) is 9.71. The first-order chi connectivity index (χ1) is 12.7. The first kappa shape index (κ1) is 20.9. The van der Waals surface area contributed by atoms with E-state index in [0.29, 0.717) is 30.8 Å². The van der Waals surface area contributed by atoms with Crippen molar-refractivity contribution in [2.24, 2.45) is 5.41 Å². The molecule has 0 bridgehead atoms. The van der Waals surface area contributed by atoms with E-state index in [0.717, 1.165) is 19.3 Å². The number of hydrogen-bond acceptors (Lipinski definition) is 3. The molecule has 1 aliphatic rings. The van der Waals surface area contributed by atoms with Crippen LogP contribution < -0.4 is 10.6 Å². The second-order valence-corrected chi connectivity index (χ2v) is 8.19. The Morgan fingerprint density at radius 2 is 1.96 bits per heavy atom. The Labute approximate surface area is 161 Å². The van der Waals surface area contributed by atoms with Crippen molar-refractivity contribution in [1.29, 1.82) is 0 Å². The number of carbonyl (C=O) groups is 3. The van der Waals surface area contributed by atoms with Crippen LogP contribution in [0.1, 0.15) is 63.7 Å². The Bertz CT molecular complexity index is 694. The van der Waals surface area contributed by atoms with E-state index < -0.39 is 5.41 Å². The number of amides is 3. The SMILES string of the molecule is CCCC(=O)NC1CCCN(C(=O)c2cccc(NC(=O)C(C)(C)C)c2)C1. The predicted octanol–water partition coefficient (Wildman–Crippen LogP) is 3.19. The average molecular weight is 373 g/mol. The summed E-state index contributed by atoms with van der Waals surface area (Å²) in [5, 5.41) is 5.88. The minimum atomic E-state index is -0.503. The van der Waals surface area contributed by atoms with E-state index in [1.807, 2.05) is 27.7 Å². The number of nitrogens with zero attached hydrogens (tertiary/aromatic N) is 1. The van der Waals surface area contributed by atoms with Crippen LogP contribution in [0.25, 0.3) is 0 Å². The number of piperidine rings is 1. The summed E-state index contributed by atoms with van der Waals surface area (Å²) in [6.45, 7) is 8.71. The van der Waals surface area contributed by atoms with Gasteiger partial charge in [-0.3, -0.25) is 14.4 Å². The van der Waals surface area contributed by atoms with Crippen molar-refractivity contribution >= 4 is 23.4 Å². The van der Waals surface area contributed by atoms with Gasteiger partial charge in [0, 0.05) is 42.2 Å². The normalized spacial score (nSPS) is 17.3. The molecule has 0 saturated carbocycles. The summed E-state index contributed by atoms with van der Waals surface area (Å²) < 4.78 is 0. The van der Waals surface area contributed by atoms with Gasteiger partial charge in [-0.25, -0.2) is 0 Å². The lowest BCUT2D eigenvalue weighted by molar-refractivity contribution is -0.123. The molecule has 1 aromatic rings. The zero-order valence-corrected chi connectivity index (χ0v) is 16.8. The van der Waals surface area contributed by atoms with Crippen LogP contribution in [-0.2, 0) is 9.59 Å². The minimum Gasteiger partial charge on any atom is -0.352 e. The maximum Gasteiger partial charge on any atom is 0.253 e. The third kappa shape index (κ3) is 6.08. The zero-order chi connectivity index (χ0) is 20.0. The van der Waals surface area contributed by atoms with Gasteiger partial charge in [-0.1, -0.05) is 33.8 Å². The lowest BCUT2D eigenvalue weighted by Crippen LogP contribution is -2.49. The highest BCUT2D eigenvalue weighted by atomic mass is 16.2. The molecular formula is C21H31N3O3. The summed E-state index contributed by atoms with van der Waals surface area (Å²) in [4.78, 5) is 38.7. The lowest BCUT2D eigenvalue weighted by atomic mass is 9.95. The van der Waals surface area contributed by atoms with Crippen molar-refractivity contribution in [1.82, 2.24) is 10.2 Å². The predicted molar refractivity (Wildman–Crippen MR) is 107 cm³/mol. The Balaban J connectivity index is 2.03. The molecule has 1 fully saturated rings. The van der Waals surface area contributed by atoms with Crippen molar-refractivity contribution in [2.45, 2.75) is 59.4 Å². The quantitative estimate of drug-likeness (QED) is 0.832. The molecule has 1 aliphatic heterocycles. The Kier molecular flexibility index (Phi) is 6.99. The van der Waals surface area contributed by atoms with E-state index in [1.165, 1.54) is 0 Å². The molecule has 148 valence electrons.